The van der Waals surface area contributed by atoms with E-state index in [1.165, 1.54) is 48.5 Å². The molecule has 0 aliphatic heterocycles. The zero-order valence-corrected chi connectivity index (χ0v) is 25.5. The molecule has 2 amide bonds. The summed E-state index contributed by atoms with van der Waals surface area (Å²) in [7, 11) is 1.58. The number of benzene rings is 3. The van der Waals surface area contributed by atoms with Gasteiger partial charge >= 0.3 is 12.1 Å². The lowest BCUT2D eigenvalue weighted by Crippen LogP contribution is -2.42. The van der Waals surface area contributed by atoms with Crippen molar-refractivity contribution in [3.8, 4) is 11.5 Å². The Morgan fingerprint density at radius 1 is 0.800 bits per heavy atom. The van der Waals surface area contributed by atoms with Crippen LogP contribution in [-0.2, 0) is 20.7 Å². The van der Waals surface area contributed by atoms with Crippen LogP contribution < -0.4 is 20.1 Å². The maximum absolute atomic E-state index is 13.6. The second-order valence-corrected chi connectivity index (χ2v) is 10.9. The van der Waals surface area contributed by atoms with Gasteiger partial charge in [-0.3, -0.25) is 20.3 Å². The number of hydrogen-bond acceptors (Lipinski definition) is 9. The number of ether oxygens (including phenoxy) is 4. The number of rotatable bonds is 14. The number of nitrogens with one attached hydrogen (secondary N) is 3. The number of carbonyl (C=O) groups excluding carboxylic acids is 3. The number of carboxylic acid groups (broad SMARTS) is 1. The van der Waals surface area contributed by atoms with Crippen LogP contribution in [0.15, 0.2) is 72.8 Å². The number of aliphatic carboxylic acids is 1. The number of carbonyl (C=O) groups is 4. The van der Waals surface area contributed by atoms with E-state index in [0.717, 1.165) is 5.56 Å². The van der Waals surface area contributed by atoms with Gasteiger partial charge in [-0.2, -0.15) is 0 Å². The first-order chi connectivity index (χ1) is 21.3. The smallest absolute Gasteiger partial charge is 0.413 e. The highest BCUT2D eigenvalue weighted by atomic mass is 16.6. The summed E-state index contributed by atoms with van der Waals surface area (Å²) in [5, 5.41) is 22.1. The van der Waals surface area contributed by atoms with Crippen molar-refractivity contribution in [2.45, 2.75) is 38.8 Å². The van der Waals surface area contributed by atoms with Gasteiger partial charge in [0.25, 0.3) is 5.91 Å². The summed E-state index contributed by atoms with van der Waals surface area (Å²) < 4.78 is 20.9. The summed E-state index contributed by atoms with van der Waals surface area (Å²) in [5.41, 5.74) is 0.922. The van der Waals surface area contributed by atoms with Crippen molar-refractivity contribution in [1.29, 1.82) is 5.41 Å². The first-order valence-corrected chi connectivity index (χ1v) is 14.0. The standard InChI is InChI=1S/C33H37N3O9/c1-33(2,3)45-32(41)36-30(34)23-7-9-24(10-8-23)31(40)35-27(19-21-5-13-25(14-6-21)43-18-17-42-4)29(39)22-11-15-26(16-12-22)44-20-28(37)38/h5-16,27H,17-20H2,1-4H3,(H,35,40)(H,37,38)(H2,34,36,41). The van der Waals surface area contributed by atoms with Gasteiger partial charge in [-0.1, -0.05) is 24.3 Å². The molecule has 12 nitrogen and oxygen atoms in total. The molecule has 0 saturated carbocycles. The van der Waals surface area contributed by atoms with Crippen molar-refractivity contribution in [1.82, 2.24) is 10.6 Å². The molecule has 0 bridgehead atoms. The zero-order chi connectivity index (χ0) is 33.0. The van der Waals surface area contributed by atoms with Crippen LogP contribution in [0.3, 0.4) is 0 Å². The minimum absolute atomic E-state index is 0.169. The van der Waals surface area contributed by atoms with Gasteiger partial charge < -0.3 is 29.4 Å². The van der Waals surface area contributed by atoms with Crippen LogP contribution in [0, 0.1) is 5.41 Å². The molecule has 0 spiro atoms. The largest absolute Gasteiger partial charge is 0.491 e. The van der Waals surface area contributed by atoms with Gasteiger partial charge in [0.2, 0.25) is 0 Å². The molecular formula is C33H37N3O9. The molecule has 0 saturated heterocycles. The third-order valence-electron chi connectivity index (χ3n) is 6.10. The van der Waals surface area contributed by atoms with E-state index >= 15 is 0 Å². The van der Waals surface area contributed by atoms with Crippen LogP contribution in [0.4, 0.5) is 4.79 Å². The monoisotopic (exact) mass is 619 g/mol. The number of ketones is 1. The Labute approximate surface area is 261 Å². The average Bonchev–Trinajstić information content (AvgIpc) is 2.99. The molecule has 0 radical (unpaired) electrons. The summed E-state index contributed by atoms with van der Waals surface area (Å²) in [4.78, 5) is 49.7. The highest BCUT2D eigenvalue weighted by molar-refractivity contribution is 6.06. The summed E-state index contributed by atoms with van der Waals surface area (Å²) in [6, 6.07) is 18.1. The maximum Gasteiger partial charge on any atom is 0.413 e. The van der Waals surface area contributed by atoms with E-state index in [2.05, 4.69) is 10.6 Å². The first-order valence-electron chi connectivity index (χ1n) is 14.0. The van der Waals surface area contributed by atoms with Crippen molar-refractivity contribution in [2.24, 2.45) is 0 Å². The van der Waals surface area contributed by atoms with Crippen LogP contribution in [0.2, 0.25) is 0 Å². The molecule has 3 aromatic rings. The fourth-order valence-corrected chi connectivity index (χ4v) is 3.98. The topological polar surface area (TPSA) is 173 Å². The molecule has 3 aromatic carbocycles. The number of Topliss-reactive ketones (excluding diaryl/α,β-unsaturated/α-hetero) is 1. The van der Waals surface area contributed by atoms with Crippen LogP contribution in [0.25, 0.3) is 0 Å². The van der Waals surface area contributed by atoms with Crippen LogP contribution >= 0.6 is 0 Å². The normalized spacial score (nSPS) is 11.6. The van der Waals surface area contributed by atoms with Gasteiger partial charge in [-0.25, -0.2) is 9.59 Å². The number of amides is 2. The lowest BCUT2D eigenvalue weighted by Gasteiger charge is -2.20. The Kier molecular flexibility index (Phi) is 12.2. The molecule has 0 fully saturated rings. The van der Waals surface area contributed by atoms with E-state index in [1.54, 1.807) is 52.1 Å². The minimum atomic E-state index is -1.13. The fraction of sp³-hybridized carbons (Fsp3) is 0.303. The Balaban J connectivity index is 1.76. The summed E-state index contributed by atoms with van der Waals surface area (Å²) >= 11 is 0. The van der Waals surface area contributed by atoms with E-state index in [0.29, 0.717) is 30.1 Å². The Morgan fingerprint density at radius 2 is 1.36 bits per heavy atom. The minimum Gasteiger partial charge on any atom is -0.491 e. The number of alkyl carbamates (subject to hydrolysis) is 1. The molecule has 0 aromatic heterocycles. The predicted molar refractivity (Wildman–Crippen MR) is 165 cm³/mol. The third-order valence-corrected chi connectivity index (χ3v) is 6.10. The molecule has 45 heavy (non-hydrogen) atoms. The van der Waals surface area contributed by atoms with Gasteiger partial charge in [0.15, 0.2) is 12.4 Å². The second kappa shape index (κ2) is 16.0. The summed E-state index contributed by atoms with van der Waals surface area (Å²) in [6.07, 6.45) is -0.602. The molecular weight excluding hydrogens is 582 g/mol. The zero-order valence-electron chi connectivity index (χ0n) is 25.5. The first kappa shape index (κ1) is 34.3. The number of methoxy groups -OCH3 is 1. The third kappa shape index (κ3) is 11.4. The predicted octanol–water partition coefficient (Wildman–Crippen LogP) is 4.25. The van der Waals surface area contributed by atoms with E-state index in [9.17, 15) is 19.2 Å². The summed E-state index contributed by atoms with van der Waals surface area (Å²) in [5.74, 6) is -1.30. The highest BCUT2D eigenvalue weighted by Crippen LogP contribution is 2.18. The van der Waals surface area contributed by atoms with Gasteiger partial charge in [0.1, 0.15) is 29.5 Å². The second-order valence-electron chi connectivity index (χ2n) is 10.9. The van der Waals surface area contributed by atoms with Crippen molar-refractivity contribution >= 4 is 29.6 Å². The molecule has 0 heterocycles. The molecule has 0 aliphatic rings. The van der Waals surface area contributed by atoms with Gasteiger partial charge in [0, 0.05) is 30.2 Å². The molecule has 0 aliphatic carbocycles. The molecule has 1 atom stereocenters. The van der Waals surface area contributed by atoms with Crippen molar-refractivity contribution in [3.05, 3.63) is 95.1 Å². The number of hydrogen-bond donors (Lipinski definition) is 4. The Bertz CT molecular complexity index is 1480. The van der Waals surface area contributed by atoms with Crippen LogP contribution in [0.5, 0.6) is 11.5 Å². The number of carboxylic acids is 1. The lowest BCUT2D eigenvalue weighted by atomic mass is 9.97. The molecule has 4 N–H and O–H groups in total. The molecule has 1 unspecified atom stereocenters. The Hall–Kier alpha value is -5.23. The quantitative estimate of drug-likeness (QED) is 0.0890. The van der Waals surface area contributed by atoms with E-state index in [4.69, 9.17) is 29.5 Å². The molecule has 238 valence electrons. The van der Waals surface area contributed by atoms with Crippen molar-refractivity contribution in [2.75, 3.05) is 26.9 Å². The van der Waals surface area contributed by atoms with E-state index in [1.807, 2.05) is 0 Å². The van der Waals surface area contributed by atoms with Crippen LogP contribution in [-0.4, -0.2) is 73.3 Å². The van der Waals surface area contributed by atoms with Gasteiger partial charge in [-0.05, 0) is 74.9 Å². The molecule has 3 rings (SSSR count). The number of amidine groups is 1. The summed E-state index contributed by atoms with van der Waals surface area (Å²) in [6.45, 7) is 5.43. The average molecular weight is 620 g/mol. The SMILES string of the molecule is COCCOc1ccc(CC(NC(=O)c2ccc(C(=N)NC(=O)OC(C)(C)C)cc2)C(=O)c2ccc(OCC(=O)O)cc2)cc1. The van der Waals surface area contributed by atoms with Crippen molar-refractivity contribution in [3.63, 3.8) is 0 Å². The maximum atomic E-state index is 13.6. The Morgan fingerprint density at radius 3 is 1.93 bits per heavy atom. The van der Waals surface area contributed by atoms with Crippen LogP contribution in [0.1, 0.15) is 52.6 Å². The van der Waals surface area contributed by atoms with E-state index < -0.39 is 36.2 Å². The fourth-order valence-electron chi connectivity index (χ4n) is 3.98. The van der Waals surface area contributed by atoms with Crippen molar-refractivity contribution < 1.29 is 43.2 Å². The van der Waals surface area contributed by atoms with E-state index in [-0.39, 0.29) is 29.4 Å². The van der Waals surface area contributed by atoms with Gasteiger partial charge in [0.05, 0.1) is 12.6 Å². The molecule has 12 heteroatoms. The van der Waals surface area contributed by atoms with Gasteiger partial charge in [-0.15, -0.1) is 0 Å². The highest BCUT2D eigenvalue weighted by Gasteiger charge is 2.24. The lowest BCUT2D eigenvalue weighted by molar-refractivity contribution is -0.139.